The van der Waals surface area contributed by atoms with Crippen molar-refractivity contribution in [2.24, 2.45) is 5.16 Å². The van der Waals surface area contributed by atoms with Crippen molar-refractivity contribution in [3.05, 3.63) is 18.1 Å². The Bertz CT molecular complexity index is 120. The molecular formula is C4H3NO. The van der Waals surface area contributed by atoms with Gasteiger partial charge in [-0.15, -0.1) is 0 Å². The SMILES string of the molecule is C1=CC=NOC=1. The normalized spacial score (nSPS) is 14.7. The first-order valence-corrected chi connectivity index (χ1v) is 1.59. The minimum absolute atomic E-state index is 1.39. The molecule has 0 saturated carbocycles. The van der Waals surface area contributed by atoms with Crippen LogP contribution in [0.4, 0.5) is 0 Å². The summed E-state index contributed by atoms with van der Waals surface area (Å²) in [7, 11) is 0. The highest BCUT2D eigenvalue weighted by Gasteiger charge is 1.68. The second kappa shape index (κ2) is 1.43. The van der Waals surface area contributed by atoms with Crippen LogP contribution in [0.5, 0.6) is 0 Å². The Balaban J connectivity index is 2.78. The van der Waals surface area contributed by atoms with E-state index in [2.05, 4.69) is 15.7 Å². The first-order chi connectivity index (χ1) is 3.00. The van der Waals surface area contributed by atoms with E-state index in [1.54, 1.807) is 6.08 Å². The molecule has 1 heterocycles. The van der Waals surface area contributed by atoms with Crippen LogP contribution in [0.25, 0.3) is 0 Å². The molecule has 2 heteroatoms. The number of hydrogen-bond acceptors (Lipinski definition) is 2. The monoisotopic (exact) mass is 81.0 g/mol. The molecule has 0 radical (unpaired) electrons. The number of hydrogen-bond donors (Lipinski definition) is 0. The summed E-state index contributed by atoms with van der Waals surface area (Å²) in [6.45, 7) is 0. The average molecular weight is 81.1 g/mol. The highest BCUT2D eigenvalue weighted by Crippen LogP contribution is 1.78. The summed E-state index contributed by atoms with van der Waals surface area (Å²) in [4.78, 5) is 4.37. The van der Waals surface area contributed by atoms with Crippen LogP contribution in [0.3, 0.4) is 0 Å². The van der Waals surface area contributed by atoms with E-state index in [0.717, 1.165) is 0 Å². The van der Waals surface area contributed by atoms with E-state index >= 15 is 0 Å². The first-order valence-electron chi connectivity index (χ1n) is 1.59. The van der Waals surface area contributed by atoms with Crippen LogP contribution in [-0.2, 0) is 4.84 Å². The molecule has 1 rings (SSSR count). The molecule has 6 heavy (non-hydrogen) atoms. The van der Waals surface area contributed by atoms with Crippen molar-refractivity contribution in [2.75, 3.05) is 0 Å². The van der Waals surface area contributed by atoms with Crippen LogP contribution in [0.1, 0.15) is 0 Å². The van der Waals surface area contributed by atoms with Gasteiger partial charge >= 0.3 is 0 Å². The highest BCUT2D eigenvalue weighted by atomic mass is 16.6. The van der Waals surface area contributed by atoms with Gasteiger partial charge in [0.05, 0.1) is 6.21 Å². The molecule has 1 aliphatic heterocycles. The summed E-state index contributed by atoms with van der Waals surface area (Å²) in [5.41, 5.74) is 2.66. The quantitative estimate of drug-likeness (QED) is 0.393. The third kappa shape index (κ3) is 0.476. The molecular weight excluding hydrogens is 78.0 g/mol. The van der Waals surface area contributed by atoms with Crippen LogP contribution in [-0.4, -0.2) is 6.21 Å². The van der Waals surface area contributed by atoms with Gasteiger partial charge in [-0.2, -0.15) is 0 Å². The second-order valence-electron chi connectivity index (χ2n) is 0.811. The summed E-state index contributed by atoms with van der Waals surface area (Å²) in [6, 6.07) is 0. The van der Waals surface area contributed by atoms with Gasteiger partial charge in [0.15, 0.2) is 6.26 Å². The Morgan fingerprint density at radius 1 is 1.67 bits per heavy atom. The zero-order chi connectivity index (χ0) is 4.24. The highest BCUT2D eigenvalue weighted by molar-refractivity contribution is 5.70. The molecule has 0 amide bonds. The molecule has 0 unspecified atom stereocenters. The largest absolute Gasteiger partial charge is 0.356 e. The van der Waals surface area contributed by atoms with Gasteiger partial charge in [-0.25, -0.2) is 0 Å². The topological polar surface area (TPSA) is 21.6 Å². The number of nitrogens with zero attached hydrogens (tertiary/aromatic N) is 1. The summed E-state index contributed by atoms with van der Waals surface area (Å²) >= 11 is 0. The van der Waals surface area contributed by atoms with E-state index < -0.39 is 0 Å². The Kier molecular flexibility index (Phi) is 0.762. The fourth-order valence-electron chi connectivity index (χ4n) is 0.209. The molecule has 2 nitrogen and oxygen atoms in total. The van der Waals surface area contributed by atoms with Crippen LogP contribution < -0.4 is 0 Å². The van der Waals surface area contributed by atoms with Gasteiger partial charge in [-0.05, 0) is 0 Å². The maximum atomic E-state index is 4.37. The average Bonchev–Trinajstić information content (AvgIpc) is 1.72. The van der Waals surface area contributed by atoms with E-state index in [9.17, 15) is 0 Å². The molecule has 0 bridgehead atoms. The lowest BCUT2D eigenvalue weighted by molar-refractivity contribution is 0.269. The molecule has 0 aromatic carbocycles. The van der Waals surface area contributed by atoms with Crippen LogP contribution in [0, 0.1) is 0 Å². The molecule has 0 spiro atoms. The Labute approximate surface area is 35.4 Å². The van der Waals surface area contributed by atoms with Crippen molar-refractivity contribution in [2.45, 2.75) is 0 Å². The van der Waals surface area contributed by atoms with Gasteiger partial charge in [0, 0.05) is 6.08 Å². The van der Waals surface area contributed by atoms with Crippen molar-refractivity contribution in [3.8, 4) is 0 Å². The molecule has 0 saturated heterocycles. The van der Waals surface area contributed by atoms with Gasteiger partial charge in [0.2, 0.25) is 0 Å². The number of oxime groups is 1. The van der Waals surface area contributed by atoms with Crippen LogP contribution >= 0.6 is 0 Å². The van der Waals surface area contributed by atoms with E-state index in [1.807, 2.05) is 0 Å². The Morgan fingerprint density at radius 2 is 2.67 bits per heavy atom. The lowest BCUT2D eigenvalue weighted by Crippen LogP contribution is -1.70. The third-order valence-electron chi connectivity index (χ3n) is 0.413. The fourth-order valence-corrected chi connectivity index (χ4v) is 0.209. The fraction of sp³-hybridized carbons (Fsp3) is 0. The van der Waals surface area contributed by atoms with Gasteiger partial charge < -0.3 is 4.84 Å². The molecule has 1 aliphatic rings. The smallest absolute Gasteiger partial charge is 0.164 e. The minimum Gasteiger partial charge on any atom is -0.356 e. The Hall–Kier alpha value is -1.01. The molecule has 30 valence electrons. The van der Waals surface area contributed by atoms with E-state index in [0.29, 0.717) is 0 Å². The summed E-state index contributed by atoms with van der Waals surface area (Å²) in [6.07, 6.45) is 4.59. The Morgan fingerprint density at radius 3 is 2.83 bits per heavy atom. The number of allylic oxidation sites excluding steroid dienone is 1. The van der Waals surface area contributed by atoms with Crippen molar-refractivity contribution in [1.82, 2.24) is 0 Å². The van der Waals surface area contributed by atoms with Crippen molar-refractivity contribution >= 4 is 6.21 Å². The van der Waals surface area contributed by atoms with Crippen molar-refractivity contribution < 1.29 is 4.84 Å². The molecule has 0 atom stereocenters. The number of rotatable bonds is 0. The predicted octanol–water partition coefficient (Wildman–Crippen LogP) is 0.671. The van der Waals surface area contributed by atoms with Gasteiger partial charge in [0.1, 0.15) is 0 Å². The zero-order valence-electron chi connectivity index (χ0n) is 3.09. The molecule has 0 aromatic heterocycles. The third-order valence-corrected chi connectivity index (χ3v) is 0.413. The van der Waals surface area contributed by atoms with Crippen LogP contribution in [0.2, 0.25) is 0 Å². The zero-order valence-corrected chi connectivity index (χ0v) is 3.09. The maximum Gasteiger partial charge on any atom is 0.164 e. The molecule has 0 N–H and O–H groups in total. The van der Waals surface area contributed by atoms with Gasteiger partial charge in [0.25, 0.3) is 0 Å². The van der Waals surface area contributed by atoms with Gasteiger partial charge in [-0.1, -0.05) is 10.9 Å². The molecule has 0 aromatic rings. The summed E-state index contributed by atoms with van der Waals surface area (Å²) in [5, 5.41) is 3.38. The van der Waals surface area contributed by atoms with Gasteiger partial charge in [-0.3, -0.25) is 0 Å². The van der Waals surface area contributed by atoms with E-state index in [4.69, 9.17) is 0 Å². The standard InChI is InChI=1S/C4H3NO/c1-2-4-6-5-3-1/h1,3-4H. The lowest BCUT2D eigenvalue weighted by Gasteiger charge is -1.82. The van der Waals surface area contributed by atoms with E-state index in [-0.39, 0.29) is 0 Å². The molecule has 0 aliphatic carbocycles. The minimum atomic E-state index is 1.39. The lowest BCUT2D eigenvalue weighted by atomic mass is 10.6. The summed E-state index contributed by atoms with van der Waals surface area (Å²) < 4.78 is 0. The molecule has 0 fully saturated rings. The van der Waals surface area contributed by atoms with E-state index in [1.165, 1.54) is 12.5 Å². The van der Waals surface area contributed by atoms with Crippen molar-refractivity contribution in [3.63, 3.8) is 0 Å². The predicted molar refractivity (Wildman–Crippen MR) is 22.2 cm³/mol. The summed E-state index contributed by atoms with van der Waals surface area (Å²) in [5.74, 6) is 0. The van der Waals surface area contributed by atoms with Crippen LogP contribution in [0.15, 0.2) is 23.2 Å². The first kappa shape index (κ1) is 3.19. The maximum absolute atomic E-state index is 4.37. The van der Waals surface area contributed by atoms with Crippen molar-refractivity contribution in [1.29, 1.82) is 0 Å². The second-order valence-corrected chi connectivity index (χ2v) is 0.811.